The second kappa shape index (κ2) is 6.32. The van der Waals surface area contributed by atoms with E-state index in [1.165, 1.54) is 4.31 Å². The summed E-state index contributed by atoms with van der Waals surface area (Å²) in [6, 6.07) is 3.53. The van der Waals surface area contributed by atoms with Gasteiger partial charge in [0.15, 0.2) is 0 Å². The summed E-state index contributed by atoms with van der Waals surface area (Å²) in [5.74, 6) is 0.288. The van der Waals surface area contributed by atoms with Crippen molar-refractivity contribution in [1.82, 2.24) is 4.31 Å². The Bertz CT molecular complexity index is 606. The standard InChI is InChI=1S/C13H17BrClNO3S/c1-9-5-11(7-15)6-12(13(9)14)20(17,18)16-3-4-19-10(2)8-16/h5-6,10H,3-4,7-8H2,1-2H3. The average Bonchev–Trinajstić information content (AvgIpc) is 2.41. The van der Waals surface area contributed by atoms with Crippen LogP contribution in [0, 0.1) is 6.92 Å². The lowest BCUT2D eigenvalue weighted by Gasteiger charge is -2.30. The van der Waals surface area contributed by atoms with Crippen LogP contribution < -0.4 is 0 Å². The molecule has 0 radical (unpaired) electrons. The van der Waals surface area contributed by atoms with Crippen molar-refractivity contribution in [3.63, 3.8) is 0 Å². The quantitative estimate of drug-likeness (QED) is 0.755. The molecular weight excluding hydrogens is 366 g/mol. The number of aryl methyl sites for hydroxylation is 1. The third kappa shape index (κ3) is 3.20. The van der Waals surface area contributed by atoms with E-state index < -0.39 is 10.0 Å². The molecule has 7 heteroatoms. The van der Waals surface area contributed by atoms with Gasteiger partial charge in [-0.15, -0.1) is 11.6 Å². The van der Waals surface area contributed by atoms with E-state index in [1.807, 2.05) is 19.9 Å². The molecule has 0 saturated carbocycles. The number of rotatable bonds is 3. The number of hydrogen-bond donors (Lipinski definition) is 0. The first-order valence-corrected chi connectivity index (χ1v) is 9.09. The molecule has 2 rings (SSSR count). The first kappa shape index (κ1) is 16.2. The number of benzene rings is 1. The van der Waals surface area contributed by atoms with Gasteiger partial charge in [0.25, 0.3) is 0 Å². The van der Waals surface area contributed by atoms with Crippen LogP contribution in [0.4, 0.5) is 0 Å². The van der Waals surface area contributed by atoms with E-state index in [9.17, 15) is 8.42 Å². The summed E-state index contributed by atoms with van der Waals surface area (Å²) in [5.41, 5.74) is 1.66. The molecule has 1 aromatic carbocycles. The number of morpholine rings is 1. The van der Waals surface area contributed by atoms with Crippen molar-refractivity contribution in [1.29, 1.82) is 0 Å². The largest absolute Gasteiger partial charge is 0.376 e. The number of alkyl halides is 1. The summed E-state index contributed by atoms with van der Waals surface area (Å²) in [6.07, 6.45) is -0.0883. The molecule has 20 heavy (non-hydrogen) atoms. The predicted molar refractivity (Wildman–Crippen MR) is 82.6 cm³/mol. The van der Waals surface area contributed by atoms with Crippen LogP contribution in [-0.2, 0) is 20.6 Å². The van der Waals surface area contributed by atoms with E-state index in [4.69, 9.17) is 16.3 Å². The molecule has 0 spiro atoms. The number of halogens is 2. The minimum atomic E-state index is -3.53. The first-order valence-electron chi connectivity index (χ1n) is 6.33. The minimum absolute atomic E-state index is 0.0883. The Morgan fingerprint density at radius 2 is 2.20 bits per heavy atom. The lowest BCUT2D eigenvalue weighted by atomic mass is 10.2. The fraction of sp³-hybridized carbons (Fsp3) is 0.538. The van der Waals surface area contributed by atoms with Crippen molar-refractivity contribution >= 4 is 37.6 Å². The van der Waals surface area contributed by atoms with Gasteiger partial charge in [-0.3, -0.25) is 0 Å². The molecule has 0 N–H and O–H groups in total. The third-order valence-corrected chi connectivity index (χ3v) is 6.77. The van der Waals surface area contributed by atoms with E-state index >= 15 is 0 Å². The summed E-state index contributed by atoms with van der Waals surface area (Å²) in [5, 5.41) is 0. The number of nitrogens with zero attached hydrogens (tertiary/aromatic N) is 1. The molecule has 1 saturated heterocycles. The zero-order valence-electron chi connectivity index (χ0n) is 11.4. The van der Waals surface area contributed by atoms with Crippen molar-refractivity contribution in [2.75, 3.05) is 19.7 Å². The SMILES string of the molecule is Cc1cc(CCl)cc(S(=O)(=O)N2CCOC(C)C2)c1Br. The minimum Gasteiger partial charge on any atom is -0.376 e. The molecule has 112 valence electrons. The number of hydrogen-bond acceptors (Lipinski definition) is 3. The van der Waals surface area contributed by atoms with Crippen LogP contribution >= 0.6 is 27.5 Å². The van der Waals surface area contributed by atoms with E-state index in [-0.39, 0.29) is 16.9 Å². The highest BCUT2D eigenvalue weighted by molar-refractivity contribution is 9.10. The molecule has 1 atom stereocenters. The van der Waals surface area contributed by atoms with Crippen LogP contribution in [0.1, 0.15) is 18.1 Å². The monoisotopic (exact) mass is 381 g/mol. The maximum atomic E-state index is 12.8. The fourth-order valence-corrected chi connectivity index (χ4v) is 4.90. The summed E-state index contributed by atoms with van der Waals surface area (Å²) < 4.78 is 33.0. The van der Waals surface area contributed by atoms with Gasteiger partial charge in [-0.05, 0) is 47.0 Å². The Labute approximate surface area is 133 Å². The van der Waals surface area contributed by atoms with Crippen LogP contribution in [-0.4, -0.2) is 38.5 Å². The highest BCUT2D eigenvalue weighted by atomic mass is 79.9. The van der Waals surface area contributed by atoms with Crippen molar-refractivity contribution in [3.8, 4) is 0 Å². The van der Waals surface area contributed by atoms with Gasteiger partial charge in [0, 0.05) is 23.4 Å². The van der Waals surface area contributed by atoms with E-state index in [0.29, 0.717) is 24.2 Å². The zero-order chi connectivity index (χ0) is 14.9. The molecule has 0 amide bonds. The Morgan fingerprint density at radius 1 is 1.50 bits per heavy atom. The van der Waals surface area contributed by atoms with E-state index in [1.54, 1.807) is 6.07 Å². The number of ether oxygens (including phenoxy) is 1. The summed E-state index contributed by atoms with van der Waals surface area (Å²) in [4.78, 5) is 0.280. The Balaban J connectivity index is 2.46. The topological polar surface area (TPSA) is 46.6 Å². The maximum Gasteiger partial charge on any atom is 0.244 e. The zero-order valence-corrected chi connectivity index (χ0v) is 14.6. The first-order chi connectivity index (χ1) is 9.36. The Morgan fingerprint density at radius 3 is 2.80 bits per heavy atom. The summed E-state index contributed by atoms with van der Waals surface area (Å²) >= 11 is 9.22. The lowest BCUT2D eigenvalue weighted by molar-refractivity contribution is 0.0102. The lowest BCUT2D eigenvalue weighted by Crippen LogP contribution is -2.44. The van der Waals surface area contributed by atoms with E-state index in [0.717, 1.165) is 11.1 Å². The smallest absolute Gasteiger partial charge is 0.244 e. The summed E-state index contributed by atoms with van der Waals surface area (Å²) in [6.45, 7) is 4.91. The molecule has 1 unspecified atom stereocenters. The molecular formula is C13H17BrClNO3S. The van der Waals surface area contributed by atoms with Gasteiger partial charge in [-0.2, -0.15) is 4.31 Å². The molecule has 1 aliphatic heterocycles. The predicted octanol–water partition coefficient (Wildman–Crippen LogP) is 2.91. The molecule has 1 fully saturated rings. The van der Waals surface area contributed by atoms with E-state index in [2.05, 4.69) is 15.9 Å². The Hall–Kier alpha value is -0.140. The van der Waals surface area contributed by atoms with Gasteiger partial charge in [0.05, 0.1) is 17.6 Å². The van der Waals surface area contributed by atoms with Crippen molar-refractivity contribution < 1.29 is 13.2 Å². The van der Waals surface area contributed by atoms with Crippen LogP contribution in [0.25, 0.3) is 0 Å². The highest BCUT2D eigenvalue weighted by Crippen LogP contribution is 2.30. The van der Waals surface area contributed by atoms with Gasteiger partial charge >= 0.3 is 0 Å². The molecule has 0 aromatic heterocycles. The van der Waals surface area contributed by atoms with Gasteiger partial charge in [0.1, 0.15) is 0 Å². The van der Waals surface area contributed by atoms with Crippen molar-refractivity contribution in [3.05, 3.63) is 27.7 Å². The van der Waals surface area contributed by atoms with Gasteiger partial charge in [-0.1, -0.05) is 6.07 Å². The number of sulfonamides is 1. The molecule has 4 nitrogen and oxygen atoms in total. The van der Waals surface area contributed by atoms with Gasteiger partial charge < -0.3 is 4.74 Å². The highest BCUT2D eigenvalue weighted by Gasteiger charge is 2.31. The second-order valence-electron chi connectivity index (χ2n) is 4.90. The molecule has 1 aliphatic rings. The maximum absolute atomic E-state index is 12.8. The van der Waals surface area contributed by atoms with Gasteiger partial charge in [0.2, 0.25) is 10.0 Å². The normalized spacial score (nSPS) is 21.1. The average molecular weight is 383 g/mol. The molecule has 0 aliphatic carbocycles. The molecule has 0 bridgehead atoms. The van der Waals surface area contributed by atoms with Gasteiger partial charge in [-0.25, -0.2) is 8.42 Å². The van der Waals surface area contributed by atoms with Crippen LogP contribution in [0.3, 0.4) is 0 Å². The fourth-order valence-electron chi connectivity index (χ4n) is 2.22. The molecule has 1 heterocycles. The third-order valence-electron chi connectivity index (χ3n) is 3.26. The Kier molecular flexibility index (Phi) is 5.13. The van der Waals surface area contributed by atoms with Crippen LogP contribution in [0.5, 0.6) is 0 Å². The molecule has 1 aromatic rings. The van der Waals surface area contributed by atoms with Crippen molar-refractivity contribution in [2.24, 2.45) is 0 Å². The van der Waals surface area contributed by atoms with Crippen LogP contribution in [0.15, 0.2) is 21.5 Å². The summed E-state index contributed by atoms with van der Waals surface area (Å²) in [7, 11) is -3.53. The second-order valence-corrected chi connectivity index (χ2v) is 7.87. The van der Waals surface area contributed by atoms with Crippen LogP contribution in [0.2, 0.25) is 0 Å². The van der Waals surface area contributed by atoms with Crippen molar-refractivity contribution in [2.45, 2.75) is 30.7 Å².